The Kier molecular flexibility index (Phi) is 6.45. The van der Waals surface area contributed by atoms with Gasteiger partial charge in [0, 0.05) is 6.07 Å². The van der Waals surface area contributed by atoms with E-state index in [0.717, 1.165) is 0 Å². The minimum absolute atomic E-state index is 0.113. The predicted octanol–water partition coefficient (Wildman–Crippen LogP) is 2.15. The molecule has 1 aromatic carbocycles. The number of aromatic nitrogens is 2. The van der Waals surface area contributed by atoms with Crippen LogP contribution in [0.25, 0.3) is 0 Å². The lowest BCUT2D eigenvalue weighted by atomic mass is 10.2. The van der Waals surface area contributed by atoms with Crippen LogP contribution in [0.15, 0.2) is 24.3 Å². The third kappa shape index (κ3) is 4.62. The number of amides is 1. The van der Waals surface area contributed by atoms with Crippen LogP contribution in [0.1, 0.15) is 29.5 Å². The summed E-state index contributed by atoms with van der Waals surface area (Å²) >= 11 is 6.10. The number of aliphatic hydroxyl groups is 1. The summed E-state index contributed by atoms with van der Waals surface area (Å²) in [7, 11) is 1.56. The zero-order valence-electron chi connectivity index (χ0n) is 13.5. The van der Waals surface area contributed by atoms with Crippen LogP contribution < -0.4 is 14.8 Å². The van der Waals surface area contributed by atoms with E-state index < -0.39 is 0 Å². The molecule has 1 heterocycles. The van der Waals surface area contributed by atoms with E-state index in [2.05, 4.69) is 15.5 Å². The standard InChI is InChI=1S/C16H20ClN3O4/c1-3-10(8-21)18-16(22)14-6-11(19-20-14)9-24-15-5-4-12(23-2)7-13(15)17/h4-7,10,21H,3,8-9H2,1-2H3,(H,18,22)(H,19,20)/t10-/m0/s1. The molecule has 2 aromatic rings. The van der Waals surface area contributed by atoms with E-state index in [0.29, 0.717) is 28.6 Å². The lowest BCUT2D eigenvalue weighted by Crippen LogP contribution is -2.37. The van der Waals surface area contributed by atoms with Gasteiger partial charge in [0.1, 0.15) is 23.8 Å². The van der Waals surface area contributed by atoms with E-state index in [9.17, 15) is 4.79 Å². The second-order valence-corrected chi connectivity index (χ2v) is 5.53. The van der Waals surface area contributed by atoms with Crippen LogP contribution >= 0.6 is 11.6 Å². The Labute approximate surface area is 144 Å². The van der Waals surface area contributed by atoms with Crippen LogP contribution in [0.4, 0.5) is 0 Å². The van der Waals surface area contributed by atoms with E-state index in [-0.39, 0.29) is 30.9 Å². The molecule has 0 aliphatic rings. The average Bonchev–Trinajstić information content (AvgIpc) is 3.07. The number of hydrogen-bond donors (Lipinski definition) is 3. The molecule has 24 heavy (non-hydrogen) atoms. The summed E-state index contributed by atoms with van der Waals surface area (Å²) in [5.74, 6) is 0.799. The Balaban J connectivity index is 1.95. The molecule has 0 saturated heterocycles. The van der Waals surface area contributed by atoms with Gasteiger partial charge in [-0.2, -0.15) is 5.10 Å². The maximum Gasteiger partial charge on any atom is 0.272 e. The van der Waals surface area contributed by atoms with Crippen molar-refractivity contribution in [3.05, 3.63) is 40.7 Å². The van der Waals surface area contributed by atoms with E-state index in [1.165, 1.54) is 0 Å². The van der Waals surface area contributed by atoms with E-state index >= 15 is 0 Å². The summed E-state index contributed by atoms with van der Waals surface area (Å²) in [5.41, 5.74) is 0.866. The van der Waals surface area contributed by atoms with Gasteiger partial charge in [0.25, 0.3) is 5.91 Å². The van der Waals surface area contributed by atoms with Gasteiger partial charge in [-0.15, -0.1) is 0 Å². The second-order valence-electron chi connectivity index (χ2n) is 5.12. The third-order valence-electron chi connectivity index (χ3n) is 3.43. The van der Waals surface area contributed by atoms with Crippen molar-refractivity contribution in [1.29, 1.82) is 0 Å². The van der Waals surface area contributed by atoms with Crippen LogP contribution in [0.5, 0.6) is 11.5 Å². The van der Waals surface area contributed by atoms with Gasteiger partial charge in [-0.25, -0.2) is 0 Å². The molecule has 3 N–H and O–H groups in total. The number of ether oxygens (including phenoxy) is 2. The Morgan fingerprint density at radius 1 is 1.46 bits per heavy atom. The lowest BCUT2D eigenvalue weighted by molar-refractivity contribution is 0.0910. The number of methoxy groups -OCH3 is 1. The van der Waals surface area contributed by atoms with E-state index in [4.69, 9.17) is 26.2 Å². The molecular formula is C16H20ClN3O4. The second kappa shape index (κ2) is 8.56. The van der Waals surface area contributed by atoms with Crippen molar-refractivity contribution >= 4 is 17.5 Å². The number of hydrogen-bond acceptors (Lipinski definition) is 5. The predicted molar refractivity (Wildman–Crippen MR) is 89.6 cm³/mol. The van der Waals surface area contributed by atoms with Gasteiger partial charge in [0.05, 0.1) is 30.5 Å². The van der Waals surface area contributed by atoms with Crippen LogP contribution in [0.3, 0.4) is 0 Å². The molecule has 0 radical (unpaired) electrons. The summed E-state index contributed by atoms with van der Waals surface area (Å²) in [4.78, 5) is 12.0. The largest absolute Gasteiger partial charge is 0.497 e. The molecular weight excluding hydrogens is 334 g/mol. The zero-order chi connectivity index (χ0) is 17.5. The third-order valence-corrected chi connectivity index (χ3v) is 3.73. The first-order valence-corrected chi connectivity index (χ1v) is 7.87. The molecule has 8 heteroatoms. The maximum atomic E-state index is 12.0. The fourth-order valence-corrected chi connectivity index (χ4v) is 2.19. The van der Waals surface area contributed by atoms with Crippen molar-refractivity contribution in [3.63, 3.8) is 0 Å². The molecule has 2 rings (SSSR count). The number of rotatable bonds is 8. The summed E-state index contributed by atoms with van der Waals surface area (Å²) in [5, 5.41) is 18.9. The molecule has 7 nitrogen and oxygen atoms in total. The molecule has 1 atom stereocenters. The maximum absolute atomic E-state index is 12.0. The Morgan fingerprint density at radius 3 is 2.88 bits per heavy atom. The SMILES string of the molecule is CC[C@@H](CO)NC(=O)c1cc(COc2ccc(OC)cc2Cl)[nH]n1. The average molecular weight is 354 g/mol. The van der Waals surface area contributed by atoms with Crippen LogP contribution in [-0.4, -0.2) is 41.0 Å². The van der Waals surface area contributed by atoms with E-state index in [1.54, 1.807) is 31.4 Å². The fourth-order valence-electron chi connectivity index (χ4n) is 1.97. The van der Waals surface area contributed by atoms with Crippen molar-refractivity contribution < 1.29 is 19.4 Å². The smallest absolute Gasteiger partial charge is 0.272 e. The number of nitrogens with one attached hydrogen (secondary N) is 2. The van der Waals surface area contributed by atoms with Crippen molar-refractivity contribution in [1.82, 2.24) is 15.5 Å². The number of carbonyl (C=O) groups is 1. The van der Waals surface area contributed by atoms with Crippen molar-refractivity contribution in [2.75, 3.05) is 13.7 Å². The molecule has 0 bridgehead atoms. The Bertz CT molecular complexity index is 686. The van der Waals surface area contributed by atoms with Crippen LogP contribution in [-0.2, 0) is 6.61 Å². The molecule has 130 valence electrons. The van der Waals surface area contributed by atoms with Crippen molar-refractivity contribution in [2.45, 2.75) is 26.0 Å². The summed E-state index contributed by atoms with van der Waals surface area (Å²) < 4.78 is 10.7. The van der Waals surface area contributed by atoms with Crippen molar-refractivity contribution in [2.24, 2.45) is 0 Å². The lowest BCUT2D eigenvalue weighted by Gasteiger charge is -2.12. The first-order valence-electron chi connectivity index (χ1n) is 7.49. The molecule has 1 amide bonds. The normalized spacial score (nSPS) is 11.8. The monoisotopic (exact) mass is 353 g/mol. The fraction of sp³-hybridized carbons (Fsp3) is 0.375. The highest BCUT2D eigenvalue weighted by molar-refractivity contribution is 6.32. The van der Waals surface area contributed by atoms with Crippen LogP contribution in [0, 0.1) is 0 Å². The highest BCUT2D eigenvalue weighted by Gasteiger charge is 2.15. The number of halogens is 1. The highest BCUT2D eigenvalue weighted by Crippen LogP contribution is 2.29. The number of nitrogens with zero attached hydrogens (tertiary/aromatic N) is 1. The summed E-state index contributed by atoms with van der Waals surface area (Å²) in [6.07, 6.45) is 0.637. The first-order chi connectivity index (χ1) is 11.6. The topological polar surface area (TPSA) is 96.5 Å². The molecule has 0 spiro atoms. The molecule has 0 unspecified atom stereocenters. The minimum atomic E-state index is -0.346. The quantitative estimate of drug-likeness (QED) is 0.675. The van der Waals surface area contributed by atoms with Gasteiger partial charge in [-0.3, -0.25) is 9.89 Å². The molecule has 0 saturated carbocycles. The highest BCUT2D eigenvalue weighted by atomic mass is 35.5. The number of aliphatic hydroxyl groups excluding tert-OH is 1. The van der Waals surface area contributed by atoms with Gasteiger partial charge in [-0.05, 0) is 24.6 Å². The Hall–Kier alpha value is -2.25. The van der Waals surface area contributed by atoms with E-state index in [1.807, 2.05) is 6.92 Å². The summed E-state index contributed by atoms with van der Waals surface area (Å²) in [6.45, 7) is 1.95. The van der Waals surface area contributed by atoms with Gasteiger partial charge < -0.3 is 19.9 Å². The van der Waals surface area contributed by atoms with Gasteiger partial charge in [0.2, 0.25) is 0 Å². The van der Waals surface area contributed by atoms with Gasteiger partial charge >= 0.3 is 0 Å². The molecule has 0 aliphatic carbocycles. The number of H-pyrrole nitrogens is 1. The summed E-state index contributed by atoms with van der Waals surface area (Å²) in [6, 6.07) is 6.41. The first kappa shape index (κ1) is 18.1. The number of benzene rings is 1. The molecule has 1 aromatic heterocycles. The van der Waals surface area contributed by atoms with Gasteiger partial charge in [-0.1, -0.05) is 18.5 Å². The number of aromatic amines is 1. The van der Waals surface area contributed by atoms with Crippen LogP contribution in [0.2, 0.25) is 5.02 Å². The number of carbonyl (C=O) groups excluding carboxylic acids is 1. The molecule has 0 aliphatic heterocycles. The minimum Gasteiger partial charge on any atom is -0.497 e. The van der Waals surface area contributed by atoms with Crippen molar-refractivity contribution in [3.8, 4) is 11.5 Å². The zero-order valence-corrected chi connectivity index (χ0v) is 14.3. The molecule has 0 fully saturated rings. The van der Waals surface area contributed by atoms with Gasteiger partial charge in [0.15, 0.2) is 0 Å². The Morgan fingerprint density at radius 2 is 2.25 bits per heavy atom.